The van der Waals surface area contributed by atoms with Crippen molar-refractivity contribution < 1.29 is 0 Å². The number of fused-ring (bicyclic) bond motifs is 1. The molecule has 7 heteroatoms. The van der Waals surface area contributed by atoms with Crippen LogP contribution in [0.15, 0.2) is 31.0 Å². The van der Waals surface area contributed by atoms with Gasteiger partial charge in [0.25, 0.3) is 0 Å². The van der Waals surface area contributed by atoms with E-state index in [1.807, 2.05) is 42.5 Å². The molecule has 120 valence electrons. The van der Waals surface area contributed by atoms with Gasteiger partial charge in [-0.3, -0.25) is 4.68 Å². The number of anilines is 1. The van der Waals surface area contributed by atoms with Crippen LogP contribution >= 0.6 is 0 Å². The predicted octanol–water partition coefficient (Wildman–Crippen LogP) is 1.32. The third-order valence-corrected chi connectivity index (χ3v) is 4.27. The fourth-order valence-corrected chi connectivity index (χ4v) is 3.33. The van der Waals surface area contributed by atoms with Crippen molar-refractivity contribution in [3.05, 3.63) is 31.0 Å². The van der Waals surface area contributed by atoms with Crippen LogP contribution in [0.25, 0.3) is 16.8 Å². The van der Waals surface area contributed by atoms with E-state index in [4.69, 9.17) is 0 Å². The second kappa shape index (κ2) is 5.34. The van der Waals surface area contributed by atoms with Crippen molar-refractivity contribution in [2.75, 3.05) is 18.0 Å². The summed E-state index contributed by atoms with van der Waals surface area (Å²) in [5.41, 5.74) is 4.06. The Hall–Kier alpha value is -2.41. The summed E-state index contributed by atoms with van der Waals surface area (Å²) in [7, 11) is 1.91. The van der Waals surface area contributed by atoms with Crippen LogP contribution in [0.2, 0.25) is 0 Å². The zero-order valence-corrected chi connectivity index (χ0v) is 13.6. The Morgan fingerprint density at radius 2 is 1.74 bits per heavy atom. The van der Waals surface area contributed by atoms with Gasteiger partial charge in [0.05, 0.1) is 12.4 Å². The predicted molar refractivity (Wildman–Crippen MR) is 89.5 cm³/mol. The van der Waals surface area contributed by atoms with Crippen LogP contribution in [-0.4, -0.2) is 49.6 Å². The van der Waals surface area contributed by atoms with E-state index >= 15 is 0 Å². The van der Waals surface area contributed by atoms with Crippen LogP contribution in [0.3, 0.4) is 0 Å². The van der Waals surface area contributed by atoms with Crippen molar-refractivity contribution in [1.29, 1.82) is 0 Å². The molecule has 7 nitrogen and oxygen atoms in total. The average Bonchev–Trinajstić information content (AvgIpc) is 3.11. The fraction of sp³-hybridized carbons (Fsp3) is 0.438. The van der Waals surface area contributed by atoms with E-state index in [2.05, 4.69) is 39.2 Å². The SMILES string of the molecule is C[C@@H]1CN(c2cnn3cc(-c4cnn(C)c4)cnc23)C[C@@H](C)N1. The summed E-state index contributed by atoms with van der Waals surface area (Å²) in [5, 5.41) is 12.3. The minimum absolute atomic E-state index is 0.461. The maximum atomic E-state index is 4.65. The third-order valence-electron chi connectivity index (χ3n) is 4.27. The Morgan fingerprint density at radius 3 is 2.43 bits per heavy atom. The van der Waals surface area contributed by atoms with Crippen molar-refractivity contribution in [2.24, 2.45) is 7.05 Å². The Kier molecular flexibility index (Phi) is 3.30. The average molecular weight is 311 g/mol. The summed E-state index contributed by atoms with van der Waals surface area (Å²) in [5.74, 6) is 0. The second-order valence-electron chi connectivity index (χ2n) is 6.42. The number of aryl methyl sites for hydroxylation is 1. The normalized spacial score (nSPS) is 22.0. The fourth-order valence-electron chi connectivity index (χ4n) is 3.33. The van der Waals surface area contributed by atoms with Gasteiger partial charge in [-0.25, -0.2) is 9.50 Å². The Labute approximate surface area is 134 Å². The molecule has 0 saturated carbocycles. The summed E-state index contributed by atoms with van der Waals surface area (Å²) >= 11 is 0. The molecule has 0 radical (unpaired) electrons. The highest BCUT2D eigenvalue weighted by Crippen LogP contribution is 2.24. The maximum absolute atomic E-state index is 4.65. The molecule has 3 aromatic heterocycles. The lowest BCUT2D eigenvalue weighted by molar-refractivity contribution is 0.407. The molecule has 4 rings (SSSR count). The van der Waals surface area contributed by atoms with Crippen LogP contribution in [0.4, 0.5) is 5.69 Å². The molecule has 0 aromatic carbocycles. The van der Waals surface area contributed by atoms with Crippen molar-refractivity contribution in [3.63, 3.8) is 0 Å². The monoisotopic (exact) mass is 311 g/mol. The first-order valence-corrected chi connectivity index (χ1v) is 7.93. The number of nitrogens with one attached hydrogen (secondary N) is 1. The van der Waals surface area contributed by atoms with Crippen molar-refractivity contribution in [2.45, 2.75) is 25.9 Å². The minimum atomic E-state index is 0.461. The van der Waals surface area contributed by atoms with Gasteiger partial charge in [-0.05, 0) is 13.8 Å². The quantitative estimate of drug-likeness (QED) is 0.773. The Bertz CT molecular complexity index is 824. The molecule has 0 spiro atoms. The van der Waals surface area contributed by atoms with E-state index in [0.717, 1.165) is 35.6 Å². The zero-order chi connectivity index (χ0) is 16.0. The van der Waals surface area contributed by atoms with Crippen molar-refractivity contribution in [3.8, 4) is 11.1 Å². The number of piperazine rings is 1. The topological polar surface area (TPSA) is 63.3 Å². The first-order chi connectivity index (χ1) is 11.1. The van der Waals surface area contributed by atoms with Gasteiger partial charge in [0.15, 0.2) is 5.65 Å². The highest BCUT2D eigenvalue weighted by atomic mass is 15.3. The Morgan fingerprint density at radius 1 is 1.00 bits per heavy atom. The molecular weight excluding hydrogens is 290 g/mol. The van der Waals surface area contributed by atoms with Crippen LogP contribution in [0.5, 0.6) is 0 Å². The van der Waals surface area contributed by atoms with Gasteiger partial charge in [-0.1, -0.05) is 0 Å². The minimum Gasteiger partial charge on any atom is -0.364 e. The largest absolute Gasteiger partial charge is 0.364 e. The smallest absolute Gasteiger partial charge is 0.178 e. The van der Waals surface area contributed by atoms with E-state index in [-0.39, 0.29) is 0 Å². The molecule has 0 aliphatic carbocycles. The highest BCUT2D eigenvalue weighted by Gasteiger charge is 2.23. The van der Waals surface area contributed by atoms with E-state index < -0.39 is 0 Å². The molecule has 1 fully saturated rings. The van der Waals surface area contributed by atoms with Crippen molar-refractivity contribution >= 4 is 11.3 Å². The molecule has 0 unspecified atom stereocenters. The summed E-state index contributed by atoms with van der Waals surface area (Å²) in [6.45, 7) is 6.36. The standard InChI is InChI=1S/C16H21N7/c1-11-7-22(8-12(2)20-11)15-6-19-23-10-13(4-17-16(15)23)14-5-18-21(3)9-14/h4-6,9-12,20H,7-8H2,1-3H3/t11-,12-/m1/s1. The van der Waals surface area contributed by atoms with Gasteiger partial charge in [0.1, 0.15) is 5.69 Å². The number of nitrogens with zero attached hydrogens (tertiary/aromatic N) is 6. The second-order valence-corrected chi connectivity index (χ2v) is 6.42. The summed E-state index contributed by atoms with van der Waals surface area (Å²) in [4.78, 5) is 7.02. The lowest BCUT2D eigenvalue weighted by Gasteiger charge is -2.36. The number of aromatic nitrogens is 5. The molecule has 0 bridgehead atoms. The molecule has 0 amide bonds. The number of rotatable bonds is 2. The molecule has 1 N–H and O–H groups in total. The molecule has 4 heterocycles. The van der Waals surface area contributed by atoms with Crippen molar-refractivity contribution in [1.82, 2.24) is 29.7 Å². The summed E-state index contributed by atoms with van der Waals surface area (Å²) < 4.78 is 3.65. The highest BCUT2D eigenvalue weighted by molar-refractivity contribution is 5.70. The van der Waals surface area contributed by atoms with Gasteiger partial charge in [0, 0.05) is 61.9 Å². The Balaban J connectivity index is 1.70. The first-order valence-electron chi connectivity index (χ1n) is 7.93. The molecule has 1 aliphatic heterocycles. The lowest BCUT2D eigenvalue weighted by atomic mass is 10.1. The van der Waals surface area contributed by atoms with E-state index in [1.54, 1.807) is 4.68 Å². The maximum Gasteiger partial charge on any atom is 0.178 e. The summed E-state index contributed by atoms with van der Waals surface area (Å²) in [6.07, 6.45) is 9.64. The van der Waals surface area contributed by atoms with Gasteiger partial charge >= 0.3 is 0 Å². The molecule has 23 heavy (non-hydrogen) atoms. The van der Waals surface area contributed by atoms with Gasteiger partial charge in [-0.15, -0.1) is 0 Å². The zero-order valence-electron chi connectivity index (χ0n) is 13.6. The lowest BCUT2D eigenvalue weighted by Crippen LogP contribution is -2.54. The summed E-state index contributed by atoms with van der Waals surface area (Å²) in [6, 6.07) is 0.923. The van der Waals surface area contributed by atoms with Gasteiger partial charge in [-0.2, -0.15) is 10.2 Å². The van der Waals surface area contributed by atoms with Crippen LogP contribution in [0.1, 0.15) is 13.8 Å². The van der Waals surface area contributed by atoms with E-state index in [1.165, 1.54) is 0 Å². The van der Waals surface area contributed by atoms with Gasteiger partial charge < -0.3 is 10.2 Å². The number of hydrogen-bond donors (Lipinski definition) is 1. The number of hydrogen-bond acceptors (Lipinski definition) is 5. The molecular formula is C16H21N7. The van der Waals surface area contributed by atoms with Crippen LogP contribution < -0.4 is 10.2 Å². The van der Waals surface area contributed by atoms with E-state index in [9.17, 15) is 0 Å². The van der Waals surface area contributed by atoms with Crippen LogP contribution in [0, 0.1) is 0 Å². The molecule has 1 saturated heterocycles. The first kappa shape index (κ1) is 14.2. The molecule has 3 aromatic rings. The third kappa shape index (κ3) is 2.57. The molecule has 1 aliphatic rings. The van der Waals surface area contributed by atoms with Gasteiger partial charge in [0.2, 0.25) is 0 Å². The van der Waals surface area contributed by atoms with E-state index in [0.29, 0.717) is 12.1 Å². The molecule has 2 atom stereocenters. The van der Waals surface area contributed by atoms with Crippen LogP contribution in [-0.2, 0) is 7.05 Å².